The molecular weight excluding hydrogens is 220 g/mol. The molecule has 1 aliphatic heterocycles. The van der Waals surface area contributed by atoms with Gasteiger partial charge in [-0.05, 0) is 19.4 Å². The van der Waals surface area contributed by atoms with Crippen LogP contribution in [0.5, 0.6) is 0 Å². The molecular formula is C11H18N4O2. The van der Waals surface area contributed by atoms with Gasteiger partial charge < -0.3 is 20.8 Å². The van der Waals surface area contributed by atoms with E-state index in [9.17, 15) is 10.2 Å². The summed E-state index contributed by atoms with van der Waals surface area (Å²) in [6, 6.07) is 0. The van der Waals surface area contributed by atoms with Crippen molar-refractivity contribution in [1.82, 2.24) is 10.2 Å². The lowest BCUT2D eigenvalue weighted by Gasteiger charge is -2.20. The Morgan fingerprint density at radius 3 is 2.35 bits per heavy atom. The topological polar surface area (TPSA) is 95.5 Å². The van der Waals surface area contributed by atoms with E-state index in [0.29, 0.717) is 25.5 Å². The van der Waals surface area contributed by atoms with Crippen molar-refractivity contribution >= 4 is 5.82 Å². The predicted octanol–water partition coefficient (Wildman–Crippen LogP) is -0.906. The summed E-state index contributed by atoms with van der Waals surface area (Å²) in [6.45, 7) is 4.95. The van der Waals surface area contributed by atoms with Crippen LogP contribution in [0.2, 0.25) is 0 Å². The van der Waals surface area contributed by atoms with Crippen LogP contribution >= 0.6 is 0 Å². The van der Waals surface area contributed by atoms with Crippen LogP contribution in [0.4, 0.5) is 5.82 Å². The molecule has 0 bridgehead atoms. The van der Waals surface area contributed by atoms with E-state index in [4.69, 9.17) is 5.73 Å². The van der Waals surface area contributed by atoms with Crippen molar-refractivity contribution in [2.24, 2.45) is 5.73 Å². The van der Waals surface area contributed by atoms with E-state index < -0.39 is 12.2 Å². The fourth-order valence-electron chi connectivity index (χ4n) is 2.08. The van der Waals surface area contributed by atoms with E-state index in [1.54, 1.807) is 0 Å². The monoisotopic (exact) mass is 238 g/mol. The molecule has 17 heavy (non-hydrogen) atoms. The lowest BCUT2D eigenvalue weighted by molar-refractivity contribution is 0.0572. The summed E-state index contributed by atoms with van der Waals surface area (Å²) >= 11 is 0. The van der Waals surface area contributed by atoms with Gasteiger partial charge in [-0.25, -0.2) is 0 Å². The molecule has 6 nitrogen and oxygen atoms in total. The lowest BCUT2D eigenvalue weighted by atomic mass is 10.1. The standard InChI is InChI=1S/C11H18N4O2/c1-6-7(2)13-14-11(8(6)3-12)15-4-9(16)10(17)5-15/h9-10,16-17H,3-5,12H2,1-2H3. The minimum Gasteiger partial charge on any atom is -0.389 e. The van der Waals surface area contributed by atoms with Crippen molar-refractivity contribution < 1.29 is 10.2 Å². The molecule has 2 unspecified atom stereocenters. The maximum Gasteiger partial charge on any atom is 0.156 e. The van der Waals surface area contributed by atoms with E-state index >= 15 is 0 Å². The molecule has 1 aliphatic rings. The summed E-state index contributed by atoms with van der Waals surface area (Å²) < 4.78 is 0. The van der Waals surface area contributed by atoms with Gasteiger partial charge in [0.25, 0.3) is 0 Å². The van der Waals surface area contributed by atoms with Crippen molar-refractivity contribution in [2.45, 2.75) is 32.6 Å². The van der Waals surface area contributed by atoms with Crippen LogP contribution in [0.3, 0.4) is 0 Å². The number of hydrogen-bond donors (Lipinski definition) is 3. The Bertz CT molecular complexity index is 414. The van der Waals surface area contributed by atoms with E-state index in [2.05, 4.69) is 10.2 Å². The molecule has 4 N–H and O–H groups in total. The first kappa shape index (κ1) is 12.2. The summed E-state index contributed by atoms with van der Waals surface area (Å²) in [6.07, 6.45) is -1.46. The number of anilines is 1. The molecule has 1 saturated heterocycles. The third kappa shape index (κ3) is 2.11. The molecule has 0 spiro atoms. The zero-order valence-electron chi connectivity index (χ0n) is 10.1. The Hall–Kier alpha value is -1.24. The second kappa shape index (κ2) is 4.56. The number of aromatic nitrogens is 2. The number of nitrogens with two attached hydrogens (primary N) is 1. The molecule has 2 rings (SSSR count). The highest BCUT2D eigenvalue weighted by molar-refractivity contribution is 5.51. The maximum absolute atomic E-state index is 9.55. The van der Waals surface area contributed by atoms with Gasteiger partial charge >= 0.3 is 0 Å². The van der Waals surface area contributed by atoms with Crippen LogP contribution in [0.25, 0.3) is 0 Å². The van der Waals surface area contributed by atoms with Crippen LogP contribution in [-0.2, 0) is 6.54 Å². The highest BCUT2D eigenvalue weighted by atomic mass is 16.3. The van der Waals surface area contributed by atoms with Gasteiger partial charge in [-0.15, -0.1) is 5.10 Å². The van der Waals surface area contributed by atoms with Crippen molar-refractivity contribution in [3.05, 3.63) is 16.8 Å². The molecule has 0 amide bonds. The third-order valence-corrected chi connectivity index (χ3v) is 3.32. The van der Waals surface area contributed by atoms with Gasteiger partial charge in [0.05, 0.1) is 17.9 Å². The van der Waals surface area contributed by atoms with Crippen LogP contribution in [0.15, 0.2) is 0 Å². The zero-order valence-corrected chi connectivity index (χ0v) is 10.1. The smallest absolute Gasteiger partial charge is 0.156 e. The van der Waals surface area contributed by atoms with Gasteiger partial charge in [-0.1, -0.05) is 0 Å². The molecule has 0 aromatic carbocycles. The van der Waals surface area contributed by atoms with Gasteiger partial charge in [0.15, 0.2) is 5.82 Å². The molecule has 1 fully saturated rings. The largest absolute Gasteiger partial charge is 0.389 e. The summed E-state index contributed by atoms with van der Waals surface area (Å²) in [5, 5.41) is 27.3. The van der Waals surface area contributed by atoms with Gasteiger partial charge in [-0.2, -0.15) is 5.10 Å². The Morgan fingerprint density at radius 1 is 1.24 bits per heavy atom. The molecule has 2 atom stereocenters. The lowest BCUT2D eigenvalue weighted by Crippen LogP contribution is -2.25. The average molecular weight is 238 g/mol. The molecule has 1 aromatic rings. The van der Waals surface area contributed by atoms with Crippen molar-refractivity contribution in [1.29, 1.82) is 0 Å². The van der Waals surface area contributed by atoms with E-state index in [1.165, 1.54) is 0 Å². The quantitative estimate of drug-likeness (QED) is 0.617. The summed E-state index contributed by atoms with van der Waals surface area (Å²) in [5.74, 6) is 0.672. The van der Waals surface area contributed by atoms with E-state index in [0.717, 1.165) is 16.8 Å². The summed E-state index contributed by atoms with van der Waals surface area (Å²) in [4.78, 5) is 1.83. The Balaban J connectivity index is 2.36. The highest BCUT2D eigenvalue weighted by Crippen LogP contribution is 2.25. The summed E-state index contributed by atoms with van der Waals surface area (Å²) in [7, 11) is 0. The molecule has 94 valence electrons. The number of aliphatic hydroxyl groups excluding tert-OH is 2. The average Bonchev–Trinajstić information content (AvgIpc) is 2.62. The van der Waals surface area contributed by atoms with Gasteiger partial charge in [-0.3, -0.25) is 0 Å². The van der Waals surface area contributed by atoms with Gasteiger partial charge in [0, 0.05) is 25.2 Å². The number of rotatable bonds is 2. The van der Waals surface area contributed by atoms with E-state index in [-0.39, 0.29) is 0 Å². The van der Waals surface area contributed by atoms with Crippen molar-refractivity contribution in [2.75, 3.05) is 18.0 Å². The normalized spacial score (nSPS) is 24.4. The Labute approximate surface area is 100 Å². The number of nitrogens with zero attached hydrogens (tertiary/aromatic N) is 3. The molecule has 0 saturated carbocycles. The van der Waals surface area contributed by atoms with Crippen LogP contribution in [0, 0.1) is 13.8 Å². The molecule has 6 heteroatoms. The van der Waals surface area contributed by atoms with Crippen molar-refractivity contribution in [3.63, 3.8) is 0 Å². The fourth-order valence-corrected chi connectivity index (χ4v) is 2.08. The van der Waals surface area contributed by atoms with Crippen LogP contribution < -0.4 is 10.6 Å². The summed E-state index contributed by atoms with van der Waals surface area (Å²) in [5.41, 5.74) is 8.54. The Kier molecular flexibility index (Phi) is 3.28. The molecule has 0 radical (unpaired) electrons. The van der Waals surface area contributed by atoms with Crippen LogP contribution in [-0.4, -0.2) is 45.7 Å². The number of aliphatic hydroxyl groups is 2. The number of hydrogen-bond acceptors (Lipinski definition) is 6. The van der Waals surface area contributed by atoms with Gasteiger partial charge in [0.1, 0.15) is 0 Å². The number of aryl methyl sites for hydroxylation is 1. The fraction of sp³-hybridized carbons (Fsp3) is 0.636. The SMILES string of the molecule is Cc1nnc(N2CC(O)C(O)C2)c(CN)c1C. The van der Waals surface area contributed by atoms with E-state index in [1.807, 2.05) is 18.7 Å². The molecule has 0 aliphatic carbocycles. The maximum atomic E-state index is 9.55. The second-order valence-electron chi connectivity index (χ2n) is 4.46. The highest BCUT2D eigenvalue weighted by Gasteiger charge is 2.32. The zero-order chi connectivity index (χ0) is 12.6. The predicted molar refractivity (Wildman–Crippen MR) is 63.6 cm³/mol. The second-order valence-corrected chi connectivity index (χ2v) is 4.46. The minimum atomic E-state index is -0.732. The van der Waals surface area contributed by atoms with Crippen molar-refractivity contribution in [3.8, 4) is 0 Å². The third-order valence-electron chi connectivity index (χ3n) is 3.32. The molecule has 2 heterocycles. The van der Waals surface area contributed by atoms with Crippen LogP contribution in [0.1, 0.15) is 16.8 Å². The number of β-amino-alcohol motifs (C(OH)–C–C–N with tert-alkyl or cyclic N) is 2. The minimum absolute atomic E-state index is 0.366. The first-order valence-electron chi connectivity index (χ1n) is 5.68. The first-order chi connectivity index (χ1) is 8.04. The van der Waals surface area contributed by atoms with Gasteiger partial charge in [0.2, 0.25) is 0 Å². The molecule has 1 aromatic heterocycles. The Morgan fingerprint density at radius 2 is 1.82 bits per heavy atom. The first-order valence-corrected chi connectivity index (χ1v) is 5.68.